The van der Waals surface area contributed by atoms with Crippen molar-refractivity contribution in [3.8, 4) is 11.8 Å². The van der Waals surface area contributed by atoms with E-state index in [1.165, 1.54) is 25.0 Å². The molecule has 24 heavy (non-hydrogen) atoms. The van der Waals surface area contributed by atoms with E-state index in [4.69, 9.17) is 10.00 Å². The Morgan fingerprint density at radius 2 is 1.83 bits per heavy atom. The van der Waals surface area contributed by atoms with Gasteiger partial charge in [0.25, 0.3) is 10.0 Å². The lowest BCUT2D eigenvalue weighted by molar-refractivity contribution is 0.210. The van der Waals surface area contributed by atoms with Crippen molar-refractivity contribution in [1.29, 1.82) is 5.26 Å². The van der Waals surface area contributed by atoms with Crippen molar-refractivity contribution in [3.63, 3.8) is 0 Å². The molecule has 1 aliphatic rings. The number of hydrogen-bond donors (Lipinski definition) is 1. The molecule has 0 spiro atoms. The van der Waals surface area contributed by atoms with Crippen molar-refractivity contribution in [2.45, 2.75) is 36.7 Å². The molecular formula is C18H18N2O3S. The lowest BCUT2D eigenvalue weighted by Gasteiger charge is -2.14. The number of nitrogens with zero attached hydrogens (tertiary/aromatic N) is 1. The molecule has 0 atom stereocenters. The van der Waals surface area contributed by atoms with Gasteiger partial charge >= 0.3 is 0 Å². The van der Waals surface area contributed by atoms with Crippen molar-refractivity contribution in [2.75, 3.05) is 4.72 Å². The summed E-state index contributed by atoms with van der Waals surface area (Å²) in [7, 11) is -3.83. The van der Waals surface area contributed by atoms with E-state index < -0.39 is 10.0 Å². The third-order valence-electron chi connectivity index (χ3n) is 3.99. The van der Waals surface area contributed by atoms with Crippen LogP contribution in [-0.4, -0.2) is 14.5 Å². The Hall–Kier alpha value is -2.52. The summed E-state index contributed by atoms with van der Waals surface area (Å²) < 4.78 is 33.5. The number of rotatable bonds is 5. The monoisotopic (exact) mass is 342 g/mol. The van der Waals surface area contributed by atoms with E-state index in [0.29, 0.717) is 11.4 Å². The minimum absolute atomic E-state index is 0.0328. The van der Waals surface area contributed by atoms with Crippen LogP contribution in [0, 0.1) is 11.3 Å². The molecule has 124 valence electrons. The van der Waals surface area contributed by atoms with Gasteiger partial charge in [-0.2, -0.15) is 5.26 Å². The highest BCUT2D eigenvalue weighted by atomic mass is 32.2. The second-order valence-electron chi connectivity index (χ2n) is 5.77. The zero-order valence-electron chi connectivity index (χ0n) is 13.1. The molecule has 0 unspecified atom stereocenters. The molecule has 0 heterocycles. The van der Waals surface area contributed by atoms with Crippen molar-refractivity contribution in [2.24, 2.45) is 0 Å². The van der Waals surface area contributed by atoms with Crippen molar-refractivity contribution >= 4 is 15.7 Å². The van der Waals surface area contributed by atoms with E-state index >= 15 is 0 Å². The van der Waals surface area contributed by atoms with Gasteiger partial charge in [-0.1, -0.05) is 18.2 Å². The molecule has 1 N–H and O–H groups in total. The first-order valence-electron chi connectivity index (χ1n) is 7.87. The third-order valence-corrected chi connectivity index (χ3v) is 5.43. The zero-order chi connectivity index (χ0) is 17.0. The molecule has 0 radical (unpaired) electrons. The van der Waals surface area contributed by atoms with Gasteiger partial charge in [0, 0.05) is 6.07 Å². The smallest absolute Gasteiger partial charge is 0.263 e. The van der Waals surface area contributed by atoms with Crippen LogP contribution in [0.25, 0.3) is 0 Å². The van der Waals surface area contributed by atoms with Gasteiger partial charge in [0.2, 0.25) is 0 Å². The predicted molar refractivity (Wildman–Crippen MR) is 91.3 cm³/mol. The lowest BCUT2D eigenvalue weighted by Crippen LogP contribution is -2.15. The maximum absolute atomic E-state index is 12.5. The molecule has 2 aromatic rings. The number of sulfonamides is 1. The Morgan fingerprint density at radius 1 is 1.08 bits per heavy atom. The summed E-state index contributed by atoms with van der Waals surface area (Å²) in [6, 6.07) is 14.9. The van der Waals surface area contributed by atoms with Crippen molar-refractivity contribution in [3.05, 3.63) is 54.1 Å². The molecule has 0 saturated heterocycles. The number of ether oxygens (including phenoxy) is 1. The Labute approximate surface area is 141 Å². The van der Waals surface area contributed by atoms with Gasteiger partial charge in [-0.3, -0.25) is 4.72 Å². The fourth-order valence-electron chi connectivity index (χ4n) is 2.84. The number of anilines is 1. The van der Waals surface area contributed by atoms with E-state index in [9.17, 15) is 8.42 Å². The Bertz CT molecular complexity index is 866. The molecule has 1 fully saturated rings. The summed E-state index contributed by atoms with van der Waals surface area (Å²) >= 11 is 0. The summed E-state index contributed by atoms with van der Waals surface area (Å²) in [5.74, 6) is 0.649. The predicted octanol–water partition coefficient (Wildman–Crippen LogP) is 3.68. The maximum atomic E-state index is 12.5. The lowest BCUT2D eigenvalue weighted by atomic mass is 10.2. The number of benzene rings is 2. The molecule has 1 saturated carbocycles. The Balaban J connectivity index is 1.81. The van der Waals surface area contributed by atoms with E-state index in [2.05, 4.69) is 4.72 Å². The van der Waals surface area contributed by atoms with Crippen molar-refractivity contribution in [1.82, 2.24) is 0 Å². The number of nitrogens with one attached hydrogen (secondary N) is 1. The van der Waals surface area contributed by atoms with Gasteiger partial charge in [-0.25, -0.2) is 8.42 Å². The average Bonchev–Trinajstić information content (AvgIpc) is 3.07. The highest BCUT2D eigenvalue weighted by Crippen LogP contribution is 2.27. The van der Waals surface area contributed by atoms with Gasteiger partial charge < -0.3 is 4.74 Å². The standard InChI is InChI=1S/C18H18N2O3S/c19-13-14-6-1-4-11-18(14)24(21,22)20-15-7-5-10-17(12-15)23-16-8-2-3-9-16/h1,4-7,10-12,16,20H,2-3,8-9H2. The van der Waals surface area contributed by atoms with E-state index in [1.54, 1.807) is 30.3 Å². The van der Waals surface area contributed by atoms with E-state index in [0.717, 1.165) is 12.8 Å². The van der Waals surface area contributed by atoms with Crippen molar-refractivity contribution < 1.29 is 13.2 Å². The first kappa shape index (κ1) is 16.3. The van der Waals surface area contributed by atoms with E-state index in [-0.39, 0.29) is 16.6 Å². The van der Waals surface area contributed by atoms with Crippen LogP contribution < -0.4 is 9.46 Å². The molecule has 5 nitrogen and oxygen atoms in total. The van der Waals surface area contributed by atoms with Gasteiger partial charge in [-0.15, -0.1) is 0 Å². The topological polar surface area (TPSA) is 79.2 Å². The summed E-state index contributed by atoms with van der Waals surface area (Å²) in [5, 5.41) is 9.09. The maximum Gasteiger partial charge on any atom is 0.263 e. The molecule has 0 aliphatic heterocycles. The van der Waals surface area contributed by atoms with Crippen LogP contribution >= 0.6 is 0 Å². The minimum Gasteiger partial charge on any atom is -0.490 e. The quantitative estimate of drug-likeness (QED) is 0.899. The van der Waals surface area contributed by atoms with Crippen LogP contribution in [0.2, 0.25) is 0 Å². The van der Waals surface area contributed by atoms with Crippen LogP contribution in [0.3, 0.4) is 0 Å². The molecule has 3 rings (SSSR count). The number of hydrogen-bond acceptors (Lipinski definition) is 4. The van der Waals surface area contributed by atoms with Gasteiger partial charge in [0.1, 0.15) is 16.7 Å². The van der Waals surface area contributed by atoms with Crippen LogP contribution in [0.1, 0.15) is 31.2 Å². The number of nitriles is 1. The third kappa shape index (κ3) is 3.69. The second kappa shape index (κ2) is 6.93. The first-order valence-corrected chi connectivity index (χ1v) is 9.35. The highest BCUT2D eigenvalue weighted by Gasteiger charge is 2.19. The van der Waals surface area contributed by atoms with Crippen LogP contribution in [0.4, 0.5) is 5.69 Å². The fourth-order valence-corrected chi connectivity index (χ4v) is 4.04. The molecular weight excluding hydrogens is 324 g/mol. The largest absolute Gasteiger partial charge is 0.490 e. The zero-order valence-corrected chi connectivity index (χ0v) is 13.9. The SMILES string of the molecule is N#Cc1ccccc1S(=O)(=O)Nc1cccc(OC2CCCC2)c1. The van der Waals surface area contributed by atoms with Gasteiger partial charge in [0.05, 0.1) is 17.4 Å². The second-order valence-corrected chi connectivity index (χ2v) is 7.42. The van der Waals surface area contributed by atoms with Gasteiger partial charge in [-0.05, 0) is 49.9 Å². The summed E-state index contributed by atoms with van der Waals surface area (Å²) in [5.41, 5.74) is 0.529. The molecule has 2 aromatic carbocycles. The average molecular weight is 342 g/mol. The Kier molecular flexibility index (Phi) is 4.72. The minimum atomic E-state index is -3.83. The molecule has 0 amide bonds. The summed E-state index contributed by atoms with van der Waals surface area (Å²) in [6.07, 6.45) is 4.61. The normalized spacial score (nSPS) is 15.0. The fraction of sp³-hybridized carbons (Fsp3) is 0.278. The molecule has 1 aliphatic carbocycles. The molecule has 0 aromatic heterocycles. The van der Waals surface area contributed by atoms with E-state index in [1.807, 2.05) is 12.1 Å². The summed E-state index contributed by atoms with van der Waals surface area (Å²) in [6.45, 7) is 0. The van der Waals surface area contributed by atoms with Crippen LogP contribution in [-0.2, 0) is 10.0 Å². The van der Waals surface area contributed by atoms with Gasteiger partial charge in [0.15, 0.2) is 0 Å². The molecule has 0 bridgehead atoms. The summed E-state index contributed by atoms with van der Waals surface area (Å²) in [4.78, 5) is -0.0328. The first-order chi connectivity index (χ1) is 11.6. The highest BCUT2D eigenvalue weighted by molar-refractivity contribution is 7.92. The Morgan fingerprint density at radius 3 is 2.58 bits per heavy atom. The van der Waals surface area contributed by atoms with Crippen LogP contribution in [0.15, 0.2) is 53.4 Å². The molecule has 6 heteroatoms. The van der Waals surface area contributed by atoms with Crippen LogP contribution in [0.5, 0.6) is 5.75 Å².